The quantitative estimate of drug-likeness (QED) is 0.601. The molecule has 16 heavy (non-hydrogen) atoms. The highest BCUT2D eigenvalue weighted by molar-refractivity contribution is 9.11. The third-order valence-corrected chi connectivity index (χ3v) is 3.02. The maximum Gasteiger partial charge on any atom is 0.305 e. The zero-order valence-corrected chi connectivity index (χ0v) is 12.0. The van der Waals surface area contributed by atoms with E-state index in [1.54, 1.807) is 0 Å². The van der Waals surface area contributed by atoms with Crippen molar-refractivity contribution in [1.82, 2.24) is 0 Å². The van der Waals surface area contributed by atoms with Crippen molar-refractivity contribution in [3.8, 4) is 5.75 Å². The van der Waals surface area contributed by atoms with Gasteiger partial charge in [0.15, 0.2) is 0 Å². The minimum Gasteiger partial charge on any atom is -0.492 e. The molecule has 0 amide bonds. The van der Waals surface area contributed by atoms with Crippen LogP contribution in [0, 0.1) is 0 Å². The zero-order chi connectivity index (χ0) is 12.0. The molecule has 1 rings (SSSR count). The van der Waals surface area contributed by atoms with Crippen LogP contribution in [0.5, 0.6) is 5.75 Å². The Labute approximate surface area is 111 Å². The maximum absolute atomic E-state index is 10.8. The smallest absolute Gasteiger partial charge is 0.305 e. The molecule has 0 radical (unpaired) electrons. The van der Waals surface area contributed by atoms with E-state index >= 15 is 0 Å². The van der Waals surface area contributed by atoms with Gasteiger partial charge in [0.1, 0.15) is 5.75 Å². The Hall–Kier alpha value is -0.550. The molecule has 0 aliphatic rings. The summed E-state index contributed by atoms with van der Waals surface area (Å²) in [5, 5.41) is 0. The number of rotatable bonds is 5. The average Bonchev–Trinajstić information content (AvgIpc) is 2.26. The van der Waals surface area contributed by atoms with Crippen molar-refractivity contribution in [2.45, 2.75) is 12.8 Å². The summed E-state index contributed by atoms with van der Waals surface area (Å²) in [4.78, 5) is 10.8. The summed E-state index contributed by atoms with van der Waals surface area (Å²) in [6.07, 6.45) is 1.03. The van der Waals surface area contributed by atoms with E-state index in [0.717, 1.165) is 14.7 Å². The highest BCUT2D eigenvalue weighted by Gasteiger charge is 2.03. The summed E-state index contributed by atoms with van der Waals surface area (Å²) >= 11 is 6.75. The van der Waals surface area contributed by atoms with Gasteiger partial charge in [0.05, 0.1) is 18.2 Å². The first-order valence-electron chi connectivity index (χ1n) is 4.78. The van der Waals surface area contributed by atoms with Gasteiger partial charge in [-0.05, 0) is 40.5 Å². The summed E-state index contributed by atoms with van der Waals surface area (Å²) < 4.78 is 11.9. The Morgan fingerprint density at radius 2 is 2.12 bits per heavy atom. The molecule has 0 saturated heterocycles. The molecule has 1 aromatic rings. The molecule has 3 nitrogen and oxygen atoms in total. The number of carbonyl (C=O) groups is 1. The van der Waals surface area contributed by atoms with Gasteiger partial charge >= 0.3 is 5.97 Å². The zero-order valence-electron chi connectivity index (χ0n) is 8.83. The van der Waals surface area contributed by atoms with Gasteiger partial charge in [-0.25, -0.2) is 0 Å². The lowest BCUT2D eigenvalue weighted by atomic mass is 10.3. The van der Waals surface area contributed by atoms with Crippen LogP contribution < -0.4 is 4.74 Å². The van der Waals surface area contributed by atoms with Crippen molar-refractivity contribution in [1.29, 1.82) is 0 Å². The van der Waals surface area contributed by atoms with E-state index in [1.165, 1.54) is 7.11 Å². The molecular weight excluding hydrogens is 340 g/mol. The first-order chi connectivity index (χ1) is 7.63. The minimum atomic E-state index is -0.210. The van der Waals surface area contributed by atoms with Crippen LogP contribution in [0.3, 0.4) is 0 Å². The Morgan fingerprint density at radius 1 is 1.38 bits per heavy atom. The summed E-state index contributed by atoms with van der Waals surface area (Å²) in [6.45, 7) is 0.495. The van der Waals surface area contributed by atoms with E-state index in [2.05, 4.69) is 36.6 Å². The molecule has 1 aromatic carbocycles. The van der Waals surface area contributed by atoms with Gasteiger partial charge in [-0.3, -0.25) is 4.79 Å². The van der Waals surface area contributed by atoms with E-state index in [0.29, 0.717) is 19.4 Å². The molecule has 0 spiro atoms. The van der Waals surface area contributed by atoms with Gasteiger partial charge in [0, 0.05) is 10.9 Å². The second-order valence-corrected chi connectivity index (χ2v) is 4.87. The molecule has 88 valence electrons. The highest BCUT2D eigenvalue weighted by Crippen LogP contribution is 2.28. The normalized spacial score (nSPS) is 9.94. The summed E-state index contributed by atoms with van der Waals surface area (Å²) in [5.41, 5.74) is 0. The first-order valence-corrected chi connectivity index (χ1v) is 6.36. The van der Waals surface area contributed by atoms with Gasteiger partial charge in [-0.15, -0.1) is 0 Å². The standard InChI is InChI=1S/C11H12Br2O3/c1-15-11(14)3-2-6-16-10-5-4-8(12)7-9(10)13/h4-5,7H,2-3,6H2,1H3. The van der Waals surface area contributed by atoms with Crippen LogP contribution in [0.4, 0.5) is 0 Å². The Bertz CT molecular complexity index is 366. The fourth-order valence-corrected chi connectivity index (χ4v) is 2.25. The predicted octanol–water partition coefficient (Wildman–Crippen LogP) is 3.54. The molecule has 5 heteroatoms. The Morgan fingerprint density at radius 3 is 2.75 bits per heavy atom. The van der Waals surface area contributed by atoms with Crippen LogP contribution in [0.2, 0.25) is 0 Å². The van der Waals surface area contributed by atoms with E-state index in [9.17, 15) is 4.79 Å². The molecule has 0 unspecified atom stereocenters. The van der Waals surface area contributed by atoms with E-state index in [4.69, 9.17) is 4.74 Å². The second-order valence-electron chi connectivity index (χ2n) is 3.10. The number of benzene rings is 1. The lowest BCUT2D eigenvalue weighted by Gasteiger charge is -2.07. The Balaban J connectivity index is 2.35. The van der Waals surface area contributed by atoms with E-state index < -0.39 is 0 Å². The van der Waals surface area contributed by atoms with E-state index in [-0.39, 0.29) is 5.97 Å². The molecule has 0 saturated carbocycles. The third kappa shape index (κ3) is 4.53. The molecule has 0 N–H and O–H groups in total. The molecule has 0 heterocycles. The number of esters is 1. The van der Waals surface area contributed by atoms with Crippen molar-refractivity contribution < 1.29 is 14.3 Å². The van der Waals surface area contributed by atoms with Crippen molar-refractivity contribution in [3.63, 3.8) is 0 Å². The Kier molecular flexibility index (Phi) is 5.84. The summed E-state index contributed by atoms with van der Waals surface area (Å²) in [6, 6.07) is 5.68. The number of ether oxygens (including phenoxy) is 2. The van der Waals surface area contributed by atoms with Gasteiger partial charge in [-0.2, -0.15) is 0 Å². The van der Waals surface area contributed by atoms with E-state index in [1.807, 2.05) is 18.2 Å². The highest BCUT2D eigenvalue weighted by atomic mass is 79.9. The van der Waals surface area contributed by atoms with Crippen LogP contribution >= 0.6 is 31.9 Å². The van der Waals surface area contributed by atoms with Gasteiger partial charge in [0.25, 0.3) is 0 Å². The van der Waals surface area contributed by atoms with Crippen molar-refractivity contribution in [2.24, 2.45) is 0 Å². The number of hydrogen-bond donors (Lipinski definition) is 0. The fourth-order valence-electron chi connectivity index (χ4n) is 1.09. The molecule has 0 bridgehead atoms. The molecule has 0 aromatic heterocycles. The third-order valence-electron chi connectivity index (χ3n) is 1.90. The van der Waals surface area contributed by atoms with Crippen molar-refractivity contribution in [3.05, 3.63) is 27.1 Å². The van der Waals surface area contributed by atoms with Crippen molar-refractivity contribution in [2.75, 3.05) is 13.7 Å². The van der Waals surface area contributed by atoms with Crippen LogP contribution in [0.1, 0.15) is 12.8 Å². The molecular formula is C11H12Br2O3. The maximum atomic E-state index is 10.8. The van der Waals surface area contributed by atoms with Gasteiger partial charge in [0.2, 0.25) is 0 Å². The average molecular weight is 352 g/mol. The second kappa shape index (κ2) is 6.91. The number of hydrogen-bond acceptors (Lipinski definition) is 3. The van der Waals surface area contributed by atoms with Gasteiger partial charge in [-0.1, -0.05) is 15.9 Å². The molecule has 0 aliphatic heterocycles. The summed E-state index contributed by atoms with van der Waals surface area (Å²) in [5.74, 6) is 0.562. The molecule has 0 aliphatic carbocycles. The largest absolute Gasteiger partial charge is 0.492 e. The lowest BCUT2D eigenvalue weighted by molar-refractivity contribution is -0.140. The SMILES string of the molecule is COC(=O)CCCOc1ccc(Br)cc1Br. The van der Waals surface area contributed by atoms with Crippen molar-refractivity contribution >= 4 is 37.8 Å². The van der Waals surface area contributed by atoms with Crippen LogP contribution in [-0.2, 0) is 9.53 Å². The number of halogens is 2. The number of carbonyl (C=O) groups excluding carboxylic acids is 1. The topological polar surface area (TPSA) is 35.5 Å². The van der Waals surface area contributed by atoms with Gasteiger partial charge < -0.3 is 9.47 Å². The summed E-state index contributed by atoms with van der Waals surface area (Å²) in [7, 11) is 1.38. The fraction of sp³-hybridized carbons (Fsp3) is 0.364. The van der Waals surface area contributed by atoms with Crippen LogP contribution in [-0.4, -0.2) is 19.7 Å². The van der Waals surface area contributed by atoms with Crippen LogP contribution in [0.25, 0.3) is 0 Å². The number of methoxy groups -OCH3 is 1. The van der Waals surface area contributed by atoms with Crippen LogP contribution in [0.15, 0.2) is 27.1 Å². The monoisotopic (exact) mass is 350 g/mol. The lowest BCUT2D eigenvalue weighted by Crippen LogP contribution is -2.04. The first kappa shape index (κ1) is 13.5. The predicted molar refractivity (Wildman–Crippen MR) is 68.6 cm³/mol. The molecule has 0 atom stereocenters. The minimum absolute atomic E-state index is 0.210. The molecule has 0 fully saturated rings.